The Hall–Kier alpha value is -2.40. The standard InChI is InChI=1S/C17H18ClNO4/c1-21-13-4-6-14(7-5-13)23-10-9-17(20)19-15-11-12(18)3-8-16(15)22-2/h3-8,11H,9-10H2,1-2H3,(H,19,20). The lowest BCUT2D eigenvalue weighted by molar-refractivity contribution is -0.116. The molecule has 1 amide bonds. The molecule has 0 aliphatic carbocycles. The van der Waals surface area contributed by atoms with E-state index in [0.717, 1.165) is 5.75 Å². The zero-order valence-corrected chi connectivity index (χ0v) is 13.7. The topological polar surface area (TPSA) is 56.8 Å². The molecule has 0 unspecified atom stereocenters. The molecule has 1 N–H and O–H groups in total. The molecule has 0 spiro atoms. The van der Waals surface area contributed by atoms with Gasteiger partial charge in [0.1, 0.15) is 17.2 Å². The summed E-state index contributed by atoms with van der Waals surface area (Å²) in [6, 6.07) is 12.2. The molecule has 0 heterocycles. The molecule has 0 radical (unpaired) electrons. The lowest BCUT2D eigenvalue weighted by atomic mass is 10.2. The van der Waals surface area contributed by atoms with Gasteiger partial charge in [-0.1, -0.05) is 11.6 Å². The molecular formula is C17H18ClNO4. The molecule has 6 heteroatoms. The van der Waals surface area contributed by atoms with Crippen molar-refractivity contribution in [1.29, 1.82) is 0 Å². The number of methoxy groups -OCH3 is 2. The fourth-order valence-corrected chi connectivity index (χ4v) is 2.10. The molecule has 0 saturated carbocycles. The van der Waals surface area contributed by atoms with Crippen molar-refractivity contribution in [2.75, 3.05) is 26.1 Å². The minimum Gasteiger partial charge on any atom is -0.497 e. The van der Waals surface area contributed by atoms with Gasteiger partial charge < -0.3 is 19.5 Å². The third-order valence-electron chi connectivity index (χ3n) is 3.09. The second-order valence-corrected chi connectivity index (χ2v) is 5.10. The summed E-state index contributed by atoms with van der Waals surface area (Å²) in [5.74, 6) is 1.81. The van der Waals surface area contributed by atoms with Gasteiger partial charge in [0.25, 0.3) is 0 Å². The van der Waals surface area contributed by atoms with E-state index in [1.165, 1.54) is 7.11 Å². The molecule has 0 saturated heterocycles. The molecule has 0 aromatic heterocycles. The number of ether oxygens (including phenoxy) is 3. The fraction of sp³-hybridized carbons (Fsp3) is 0.235. The summed E-state index contributed by atoms with van der Waals surface area (Å²) < 4.78 is 15.8. The van der Waals surface area contributed by atoms with Crippen molar-refractivity contribution < 1.29 is 19.0 Å². The predicted molar refractivity (Wildman–Crippen MR) is 89.7 cm³/mol. The molecule has 0 fully saturated rings. The summed E-state index contributed by atoms with van der Waals surface area (Å²) in [6.07, 6.45) is 0.210. The van der Waals surface area contributed by atoms with E-state index in [9.17, 15) is 4.79 Å². The first-order valence-corrected chi connectivity index (χ1v) is 7.40. The Morgan fingerprint density at radius 3 is 2.39 bits per heavy atom. The molecule has 2 rings (SSSR count). The van der Waals surface area contributed by atoms with Crippen LogP contribution in [0.15, 0.2) is 42.5 Å². The summed E-state index contributed by atoms with van der Waals surface area (Å²) in [5.41, 5.74) is 0.537. The van der Waals surface area contributed by atoms with Crippen molar-refractivity contribution in [1.82, 2.24) is 0 Å². The van der Waals surface area contributed by atoms with Gasteiger partial charge in [-0.05, 0) is 42.5 Å². The highest BCUT2D eigenvalue weighted by Gasteiger charge is 2.08. The van der Waals surface area contributed by atoms with Crippen molar-refractivity contribution in [3.8, 4) is 17.2 Å². The van der Waals surface area contributed by atoms with E-state index in [-0.39, 0.29) is 18.9 Å². The number of benzene rings is 2. The third kappa shape index (κ3) is 5.07. The average Bonchev–Trinajstić information content (AvgIpc) is 2.56. The van der Waals surface area contributed by atoms with Crippen molar-refractivity contribution in [3.05, 3.63) is 47.5 Å². The van der Waals surface area contributed by atoms with Crippen LogP contribution in [0.1, 0.15) is 6.42 Å². The number of halogens is 1. The zero-order chi connectivity index (χ0) is 16.7. The summed E-state index contributed by atoms with van der Waals surface area (Å²) in [6.45, 7) is 0.265. The quantitative estimate of drug-likeness (QED) is 0.837. The molecule has 0 aliphatic rings. The Kier molecular flexibility index (Phi) is 6.11. The van der Waals surface area contributed by atoms with Crippen LogP contribution in [0, 0.1) is 0 Å². The van der Waals surface area contributed by atoms with Gasteiger partial charge in [0.05, 0.1) is 32.9 Å². The first kappa shape index (κ1) is 17.0. The second-order valence-electron chi connectivity index (χ2n) is 4.67. The number of nitrogens with one attached hydrogen (secondary N) is 1. The van der Waals surface area contributed by atoms with Crippen LogP contribution in [-0.4, -0.2) is 26.7 Å². The van der Waals surface area contributed by atoms with Crippen LogP contribution in [0.3, 0.4) is 0 Å². The lowest BCUT2D eigenvalue weighted by Gasteiger charge is -2.11. The Morgan fingerprint density at radius 1 is 1.04 bits per heavy atom. The van der Waals surface area contributed by atoms with Gasteiger partial charge in [-0.2, -0.15) is 0 Å². The van der Waals surface area contributed by atoms with Crippen molar-refractivity contribution in [2.24, 2.45) is 0 Å². The number of rotatable bonds is 7. The highest BCUT2D eigenvalue weighted by Crippen LogP contribution is 2.27. The summed E-state index contributed by atoms with van der Waals surface area (Å²) in [5, 5.41) is 3.28. The average molecular weight is 336 g/mol. The summed E-state index contributed by atoms with van der Waals surface area (Å²) >= 11 is 5.92. The van der Waals surface area contributed by atoms with Gasteiger partial charge in [-0.3, -0.25) is 4.79 Å². The molecule has 122 valence electrons. The van der Waals surface area contributed by atoms with Gasteiger partial charge in [-0.25, -0.2) is 0 Å². The monoisotopic (exact) mass is 335 g/mol. The molecule has 0 atom stereocenters. The van der Waals surface area contributed by atoms with Crippen LogP contribution in [0.2, 0.25) is 5.02 Å². The Morgan fingerprint density at radius 2 is 1.74 bits per heavy atom. The van der Waals surface area contributed by atoms with Crippen LogP contribution in [0.4, 0.5) is 5.69 Å². The zero-order valence-electron chi connectivity index (χ0n) is 13.0. The molecule has 0 aliphatic heterocycles. The normalized spacial score (nSPS) is 10.0. The van der Waals surface area contributed by atoms with E-state index >= 15 is 0 Å². The summed E-state index contributed by atoms with van der Waals surface area (Å²) in [4.78, 5) is 12.0. The van der Waals surface area contributed by atoms with Gasteiger partial charge in [0.2, 0.25) is 5.91 Å². The maximum Gasteiger partial charge on any atom is 0.227 e. The van der Waals surface area contributed by atoms with E-state index in [2.05, 4.69) is 5.32 Å². The SMILES string of the molecule is COc1ccc(OCCC(=O)Nc2cc(Cl)ccc2OC)cc1. The van der Waals surface area contributed by atoms with Crippen molar-refractivity contribution in [3.63, 3.8) is 0 Å². The first-order chi connectivity index (χ1) is 11.1. The molecule has 5 nitrogen and oxygen atoms in total. The van der Waals surface area contributed by atoms with Gasteiger partial charge >= 0.3 is 0 Å². The maximum atomic E-state index is 12.0. The van der Waals surface area contributed by atoms with E-state index in [0.29, 0.717) is 22.2 Å². The van der Waals surface area contributed by atoms with Crippen LogP contribution in [0.25, 0.3) is 0 Å². The number of carbonyl (C=O) groups is 1. The molecule has 2 aromatic carbocycles. The summed E-state index contributed by atoms with van der Waals surface area (Å²) in [7, 11) is 3.13. The van der Waals surface area contributed by atoms with Gasteiger partial charge in [0.15, 0.2) is 0 Å². The van der Waals surface area contributed by atoms with Crippen molar-refractivity contribution in [2.45, 2.75) is 6.42 Å². The minimum absolute atomic E-state index is 0.181. The van der Waals surface area contributed by atoms with E-state index in [1.807, 2.05) is 0 Å². The number of hydrogen-bond acceptors (Lipinski definition) is 4. The Labute approximate surface area is 140 Å². The number of amides is 1. The lowest BCUT2D eigenvalue weighted by Crippen LogP contribution is -2.15. The Bertz CT molecular complexity index is 658. The largest absolute Gasteiger partial charge is 0.497 e. The highest BCUT2D eigenvalue weighted by molar-refractivity contribution is 6.31. The molecule has 0 bridgehead atoms. The third-order valence-corrected chi connectivity index (χ3v) is 3.33. The minimum atomic E-state index is -0.181. The maximum absolute atomic E-state index is 12.0. The number of anilines is 1. The van der Waals surface area contributed by atoms with E-state index in [1.54, 1.807) is 49.6 Å². The molecule has 2 aromatic rings. The predicted octanol–water partition coefficient (Wildman–Crippen LogP) is 3.76. The number of hydrogen-bond donors (Lipinski definition) is 1. The van der Waals surface area contributed by atoms with Crippen LogP contribution < -0.4 is 19.5 Å². The van der Waals surface area contributed by atoms with Crippen LogP contribution in [-0.2, 0) is 4.79 Å². The van der Waals surface area contributed by atoms with E-state index in [4.69, 9.17) is 25.8 Å². The van der Waals surface area contributed by atoms with Gasteiger partial charge in [-0.15, -0.1) is 0 Å². The highest BCUT2D eigenvalue weighted by atomic mass is 35.5. The van der Waals surface area contributed by atoms with Gasteiger partial charge in [0, 0.05) is 5.02 Å². The molecular weight excluding hydrogens is 318 g/mol. The smallest absolute Gasteiger partial charge is 0.227 e. The van der Waals surface area contributed by atoms with E-state index < -0.39 is 0 Å². The van der Waals surface area contributed by atoms with Crippen LogP contribution in [0.5, 0.6) is 17.2 Å². The second kappa shape index (κ2) is 8.29. The number of carbonyl (C=O) groups excluding carboxylic acids is 1. The first-order valence-electron chi connectivity index (χ1n) is 7.02. The Balaban J connectivity index is 1.84. The molecule has 23 heavy (non-hydrogen) atoms. The van der Waals surface area contributed by atoms with Crippen molar-refractivity contribution >= 4 is 23.2 Å². The van der Waals surface area contributed by atoms with Crippen LogP contribution >= 0.6 is 11.6 Å². The fourth-order valence-electron chi connectivity index (χ4n) is 1.92.